The van der Waals surface area contributed by atoms with Crippen LogP contribution in [-0.4, -0.2) is 25.7 Å². The molecule has 3 aromatic heterocycles. The monoisotopic (exact) mass is 509 g/mol. The van der Waals surface area contributed by atoms with Crippen LogP contribution in [0.4, 0.5) is 10.1 Å². The number of hydrogen-bond donors (Lipinski definition) is 1. The van der Waals surface area contributed by atoms with Gasteiger partial charge in [-0.1, -0.05) is 6.92 Å². The lowest BCUT2D eigenvalue weighted by molar-refractivity contribution is -0.120. The zero-order chi connectivity index (χ0) is 25.8. The third kappa shape index (κ3) is 4.38. The normalized spacial score (nSPS) is 25.4. The largest absolute Gasteiger partial charge is 0.324 e. The molecule has 4 aromatic rings. The molecule has 3 heterocycles. The predicted octanol–water partition coefficient (Wildman–Crippen LogP) is 6.76. The first-order chi connectivity index (χ1) is 18.5. The van der Waals surface area contributed by atoms with E-state index in [9.17, 15) is 9.18 Å². The fraction of sp³-hybridized carbons (Fsp3) is 0.419. The molecule has 0 spiro atoms. The van der Waals surface area contributed by atoms with Gasteiger partial charge in [-0.3, -0.25) is 19.4 Å². The minimum atomic E-state index is -0.209. The Morgan fingerprint density at radius 2 is 1.84 bits per heavy atom. The molecule has 0 aliphatic heterocycles. The lowest BCUT2D eigenvalue weighted by Crippen LogP contribution is -2.26. The molecule has 1 aromatic carbocycles. The van der Waals surface area contributed by atoms with E-state index >= 15 is 0 Å². The standard InChI is InChI=1S/C31H32FN5O/c1-18(31(38)36-25-3-7-29(34-16-25)23-15-35-37(17-23)26-4-5-26)19-10-20-12-22(13-21(20)11-19)27-8-9-33-30-6-2-24(32)14-28(27)30/h2-3,6-9,14-22,26H,4-5,10-13H2,1H3,(H,36,38)/t18?,19?,20-,21?,22?/m0/s1. The Balaban J connectivity index is 0.967. The van der Waals surface area contributed by atoms with E-state index in [0.29, 0.717) is 29.7 Å². The molecule has 3 aliphatic rings. The van der Waals surface area contributed by atoms with E-state index in [0.717, 1.165) is 53.5 Å². The number of carbonyl (C=O) groups excluding carboxylic acids is 1. The smallest absolute Gasteiger partial charge is 0.227 e. The van der Waals surface area contributed by atoms with E-state index in [2.05, 4.69) is 39.6 Å². The molecule has 1 amide bonds. The first-order valence-electron chi connectivity index (χ1n) is 13.9. The predicted molar refractivity (Wildman–Crippen MR) is 145 cm³/mol. The Kier molecular flexibility index (Phi) is 5.75. The number of amides is 1. The first-order valence-corrected chi connectivity index (χ1v) is 13.9. The van der Waals surface area contributed by atoms with Gasteiger partial charge in [0.1, 0.15) is 5.82 Å². The fourth-order valence-corrected chi connectivity index (χ4v) is 6.94. The summed E-state index contributed by atoms with van der Waals surface area (Å²) in [6.07, 6.45) is 14.3. The minimum absolute atomic E-state index is 0.0497. The van der Waals surface area contributed by atoms with Crippen molar-refractivity contribution in [3.63, 3.8) is 0 Å². The maximum absolute atomic E-state index is 14.0. The Labute approximate surface area is 221 Å². The van der Waals surface area contributed by atoms with E-state index in [1.807, 2.05) is 29.2 Å². The number of anilines is 1. The van der Waals surface area contributed by atoms with Gasteiger partial charge in [0.05, 0.1) is 35.3 Å². The molecule has 38 heavy (non-hydrogen) atoms. The van der Waals surface area contributed by atoms with Gasteiger partial charge in [0.2, 0.25) is 5.91 Å². The van der Waals surface area contributed by atoms with Crippen molar-refractivity contribution < 1.29 is 9.18 Å². The number of fused-ring (bicyclic) bond motifs is 2. The number of hydrogen-bond acceptors (Lipinski definition) is 4. The van der Waals surface area contributed by atoms with Crippen LogP contribution >= 0.6 is 0 Å². The van der Waals surface area contributed by atoms with E-state index in [1.54, 1.807) is 18.3 Å². The van der Waals surface area contributed by atoms with Crippen LogP contribution in [0, 0.1) is 29.5 Å². The Bertz CT molecular complexity index is 1480. The Morgan fingerprint density at radius 3 is 2.58 bits per heavy atom. The summed E-state index contributed by atoms with van der Waals surface area (Å²) in [5, 5.41) is 8.48. The summed E-state index contributed by atoms with van der Waals surface area (Å²) in [6.45, 7) is 2.06. The highest BCUT2D eigenvalue weighted by Crippen LogP contribution is 2.54. The number of halogens is 1. The summed E-state index contributed by atoms with van der Waals surface area (Å²) < 4.78 is 16.0. The van der Waals surface area contributed by atoms with Crippen LogP contribution in [0.3, 0.4) is 0 Å². The Morgan fingerprint density at radius 1 is 1.03 bits per heavy atom. The van der Waals surface area contributed by atoms with Crippen LogP contribution in [-0.2, 0) is 4.79 Å². The summed E-state index contributed by atoms with van der Waals surface area (Å²) in [4.78, 5) is 22.1. The topological polar surface area (TPSA) is 72.7 Å². The Hall–Kier alpha value is -3.61. The molecule has 4 unspecified atom stereocenters. The van der Waals surface area contributed by atoms with Gasteiger partial charge < -0.3 is 5.32 Å². The average Bonchev–Trinajstić information content (AvgIpc) is 3.32. The molecule has 0 bridgehead atoms. The third-order valence-corrected chi connectivity index (χ3v) is 9.20. The third-order valence-electron chi connectivity index (χ3n) is 9.20. The van der Waals surface area contributed by atoms with Crippen molar-refractivity contribution >= 4 is 22.5 Å². The molecule has 3 aliphatic carbocycles. The molecule has 0 saturated heterocycles. The lowest BCUT2D eigenvalue weighted by Gasteiger charge is -2.21. The number of rotatable bonds is 6. The SMILES string of the molecule is CC(C(=O)Nc1ccc(-c2cnn(C3CC3)c2)nc1)C1CC2CC(c3ccnc4ccc(F)cc34)C[C@@H]2C1. The van der Waals surface area contributed by atoms with Crippen molar-refractivity contribution in [3.05, 3.63) is 72.6 Å². The summed E-state index contributed by atoms with van der Waals surface area (Å²) in [5.74, 6) is 1.87. The molecule has 7 heteroatoms. The summed E-state index contributed by atoms with van der Waals surface area (Å²) in [7, 11) is 0. The number of pyridine rings is 2. The van der Waals surface area contributed by atoms with Crippen LogP contribution in [0.1, 0.15) is 63.0 Å². The van der Waals surface area contributed by atoms with Crippen molar-refractivity contribution in [1.29, 1.82) is 0 Å². The van der Waals surface area contributed by atoms with Crippen molar-refractivity contribution in [1.82, 2.24) is 19.7 Å². The van der Waals surface area contributed by atoms with E-state index in [-0.39, 0.29) is 17.6 Å². The summed E-state index contributed by atoms with van der Waals surface area (Å²) >= 11 is 0. The second kappa shape index (κ2) is 9.29. The first kappa shape index (κ1) is 23.5. The van der Waals surface area contributed by atoms with Crippen molar-refractivity contribution in [2.24, 2.45) is 23.7 Å². The van der Waals surface area contributed by atoms with Gasteiger partial charge in [-0.25, -0.2) is 4.39 Å². The van der Waals surface area contributed by atoms with Crippen molar-refractivity contribution in [2.45, 2.75) is 57.4 Å². The van der Waals surface area contributed by atoms with E-state index < -0.39 is 0 Å². The molecule has 0 radical (unpaired) electrons. The fourth-order valence-electron chi connectivity index (χ4n) is 6.94. The van der Waals surface area contributed by atoms with E-state index in [4.69, 9.17) is 0 Å². The maximum atomic E-state index is 14.0. The zero-order valence-electron chi connectivity index (χ0n) is 21.6. The molecule has 1 N–H and O–H groups in total. The maximum Gasteiger partial charge on any atom is 0.227 e. The number of benzene rings is 1. The highest BCUT2D eigenvalue weighted by atomic mass is 19.1. The molecule has 3 fully saturated rings. The van der Waals surface area contributed by atoms with Gasteiger partial charge in [-0.2, -0.15) is 5.10 Å². The minimum Gasteiger partial charge on any atom is -0.324 e. The number of aromatic nitrogens is 4. The van der Waals surface area contributed by atoms with Gasteiger partial charge >= 0.3 is 0 Å². The van der Waals surface area contributed by atoms with Gasteiger partial charge in [0.15, 0.2) is 0 Å². The molecular formula is C31H32FN5O. The molecule has 7 rings (SSSR count). The van der Waals surface area contributed by atoms with E-state index in [1.165, 1.54) is 24.5 Å². The summed E-state index contributed by atoms with van der Waals surface area (Å²) in [5.41, 5.74) is 4.69. The molecule has 3 saturated carbocycles. The number of carbonyl (C=O) groups is 1. The van der Waals surface area contributed by atoms with Crippen LogP contribution in [0.5, 0.6) is 0 Å². The molecule has 6 nitrogen and oxygen atoms in total. The van der Waals surface area contributed by atoms with Gasteiger partial charge in [0, 0.05) is 29.3 Å². The second-order valence-electron chi connectivity index (χ2n) is 11.6. The highest BCUT2D eigenvalue weighted by Gasteiger charge is 2.44. The van der Waals surface area contributed by atoms with Crippen LogP contribution in [0.15, 0.2) is 61.2 Å². The molecular weight excluding hydrogens is 477 g/mol. The van der Waals surface area contributed by atoms with Crippen molar-refractivity contribution in [2.75, 3.05) is 5.32 Å². The van der Waals surface area contributed by atoms with Gasteiger partial charge in [-0.15, -0.1) is 0 Å². The van der Waals surface area contributed by atoms with Crippen LogP contribution in [0.2, 0.25) is 0 Å². The van der Waals surface area contributed by atoms with Crippen LogP contribution in [0.25, 0.3) is 22.2 Å². The highest BCUT2D eigenvalue weighted by molar-refractivity contribution is 5.92. The van der Waals surface area contributed by atoms with Crippen LogP contribution < -0.4 is 5.32 Å². The molecule has 5 atom stereocenters. The summed E-state index contributed by atoms with van der Waals surface area (Å²) in [6, 6.07) is 11.4. The second-order valence-corrected chi connectivity index (χ2v) is 11.6. The quantitative estimate of drug-likeness (QED) is 0.312. The number of nitrogens with one attached hydrogen (secondary N) is 1. The molecule has 194 valence electrons. The average molecular weight is 510 g/mol. The van der Waals surface area contributed by atoms with Gasteiger partial charge in [0.25, 0.3) is 0 Å². The number of nitrogens with zero attached hydrogens (tertiary/aromatic N) is 4. The van der Waals surface area contributed by atoms with Crippen molar-refractivity contribution in [3.8, 4) is 11.3 Å². The van der Waals surface area contributed by atoms with Gasteiger partial charge in [-0.05, 0) is 104 Å². The zero-order valence-corrected chi connectivity index (χ0v) is 21.6. The lowest BCUT2D eigenvalue weighted by atomic mass is 9.86.